The molecule has 1 aliphatic carbocycles. The van der Waals surface area contributed by atoms with E-state index in [-0.39, 0.29) is 4.90 Å². The minimum Gasteiger partial charge on any atom is -0.379 e. The molecule has 2 heterocycles. The van der Waals surface area contributed by atoms with Crippen molar-refractivity contribution in [1.29, 1.82) is 0 Å². The number of sulfonamides is 1. The summed E-state index contributed by atoms with van der Waals surface area (Å²) in [6.07, 6.45) is 2.28. The Labute approximate surface area is 190 Å². The maximum absolute atomic E-state index is 12.8. The molecule has 1 aromatic heterocycles. The third kappa shape index (κ3) is 4.36. The van der Waals surface area contributed by atoms with Gasteiger partial charge in [0.05, 0.1) is 29.5 Å². The second-order valence-corrected chi connectivity index (χ2v) is 10.8. The van der Waals surface area contributed by atoms with Crippen LogP contribution in [0.1, 0.15) is 18.9 Å². The highest BCUT2D eigenvalue weighted by molar-refractivity contribution is 7.89. The number of rotatable bonds is 5. The smallest absolute Gasteiger partial charge is 0.243 e. The van der Waals surface area contributed by atoms with Gasteiger partial charge in [0, 0.05) is 29.5 Å². The highest BCUT2D eigenvalue weighted by Crippen LogP contribution is 2.38. The van der Waals surface area contributed by atoms with Crippen molar-refractivity contribution < 1.29 is 13.2 Å². The Morgan fingerprint density at radius 2 is 1.68 bits per heavy atom. The Morgan fingerprint density at radius 3 is 2.32 bits per heavy atom. The first kappa shape index (κ1) is 20.9. The van der Waals surface area contributed by atoms with Gasteiger partial charge in [-0.1, -0.05) is 23.7 Å². The lowest BCUT2D eigenvalue weighted by Gasteiger charge is -2.26. The topological polar surface area (TPSA) is 63.9 Å². The minimum atomic E-state index is -3.50. The fourth-order valence-corrected chi connectivity index (χ4v) is 6.18. The van der Waals surface area contributed by atoms with E-state index < -0.39 is 10.0 Å². The van der Waals surface area contributed by atoms with Gasteiger partial charge in [-0.2, -0.15) is 4.31 Å². The van der Waals surface area contributed by atoms with E-state index in [1.165, 1.54) is 4.31 Å². The molecule has 1 saturated heterocycles. The average molecular weight is 476 g/mol. The Hall–Kier alpha value is -1.97. The van der Waals surface area contributed by atoms with E-state index in [2.05, 4.69) is 9.95 Å². The third-order valence-electron chi connectivity index (χ3n) is 5.46. The van der Waals surface area contributed by atoms with E-state index in [0.717, 1.165) is 34.6 Å². The van der Waals surface area contributed by atoms with Crippen molar-refractivity contribution in [1.82, 2.24) is 8.87 Å². The summed E-state index contributed by atoms with van der Waals surface area (Å²) >= 11 is 7.64. The Balaban J connectivity index is 1.46. The van der Waals surface area contributed by atoms with Crippen molar-refractivity contribution in [3.8, 4) is 11.3 Å². The Bertz CT molecular complexity index is 1240. The number of hydrogen-bond acceptors (Lipinski definition) is 5. The molecule has 1 saturated carbocycles. The van der Waals surface area contributed by atoms with E-state index in [9.17, 15) is 8.42 Å². The van der Waals surface area contributed by atoms with Crippen LogP contribution >= 0.6 is 22.9 Å². The molecule has 9 heteroatoms. The third-order valence-corrected chi connectivity index (χ3v) is 8.47. The molecule has 0 bridgehead atoms. The van der Waals surface area contributed by atoms with E-state index in [0.29, 0.717) is 37.4 Å². The van der Waals surface area contributed by atoms with Gasteiger partial charge in [-0.25, -0.2) is 13.4 Å². The lowest BCUT2D eigenvalue weighted by atomic mass is 10.2. The number of ether oxygens (including phenoxy) is 1. The maximum atomic E-state index is 12.8. The van der Waals surface area contributed by atoms with Crippen LogP contribution in [0.5, 0.6) is 0 Å². The zero-order valence-electron chi connectivity index (χ0n) is 16.8. The van der Waals surface area contributed by atoms with Crippen molar-refractivity contribution in [3.05, 3.63) is 63.7 Å². The number of nitrogens with zero attached hydrogens (tertiary/aromatic N) is 3. The molecular formula is C22H22ClN3O3S2. The van der Waals surface area contributed by atoms with Crippen LogP contribution in [0.25, 0.3) is 11.3 Å². The molecule has 2 fully saturated rings. The van der Waals surface area contributed by atoms with Crippen LogP contribution in [0.3, 0.4) is 0 Å². The lowest BCUT2D eigenvalue weighted by molar-refractivity contribution is 0.0730. The highest BCUT2D eigenvalue weighted by atomic mass is 35.5. The molecule has 0 atom stereocenters. The monoisotopic (exact) mass is 475 g/mol. The molecule has 2 aromatic carbocycles. The van der Waals surface area contributed by atoms with E-state index in [4.69, 9.17) is 21.3 Å². The van der Waals surface area contributed by atoms with Gasteiger partial charge >= 0.3 is 0 Å². The van der Waals surface area contributed by atoms with E-state index in [1.54, 1.807) is 35.6 Å². The van der Waals surface area contributed by atoms with Gasteiger partial charge in [0.15, 0.2) is 4.80 Å². The SMILES string of the molecule is O=S(=O)(c1ccc(N=c2scc(-c3ccc(Cl)cc3)n2C2CC2)cc1)N1CCOCC1. The maximum Gasteiger partial charge on any atom is 0.243 e. The van der Waals surface area contributed by atoms with E-state index >= 15 is 0 Å². The first-order valence-corrected chi connectivity index (χ1v) is 12.9. The normalized spacial score (nSPS) is 18.4. The molecule has 162 valence electrons. The molecular weight excluding hydrogens is 454 g/mol. The summed E-state index contributed by atoms with van der Waals surface area (Å²) in [4.78, 5) is 6.03. The molecule has 1 aliphatic heterocycles. The van der Waals surface area contributed by atoms with Crippen LogP contribution in [0.15, 0.2) is 63.8 Å². The van der Waals surface area contributed by atoms with Gasteiger partial charge in [-0.3, -0.25) is 0 Å². The quantitative estimate of drug-likeness (QED) is 0.547. The average Bonchev–Trinajstić information content (AvgIpc) is 3.55. The number of hydrogen-bond donors (Lipinski definition) is 0. The predicted octanol–water partition coefficient (Wildman–Crippen LogP) is 4.46. The van der Waals surface area contributed by atoms with Crippen molar-refractivity contribution in [3.63, 3.8) is 0 Å². The number of benzene rings is 2. The Kier molecular flexibility index (Phi) is 5.75. The zero-order chi connectivity index (χ0) is 21.4. The van der Waals surface area contributed by atoms with Gasteiger partial charge in [0.1, 0.15) is 0 Å². The fourth-order valence-electron chi connectivity index (χ4n) is 3.66. The first-order valence-electron chi connectivity index (χ1n) is 10.2. The van der Waals surface area contributed by atoms with Crippen LogP contribution < -0.4 is 4.80 Å². The summed E-state index contributed by atoms with van der Waals surface area (Å²) in [6, 6.07) is 15.1. The van der Waals surface area contributed by atoms with Crippen molar-refractivity contribution in [2.45, 2.75) is 23.8 Å². The molecule has 0 unspecified atom stereocenters. The van der Waals surface area contributed by atoms with Gasteiger partial charge in [0.25, 0.3) is 0 Å². The predicted molar refractivity (Wildman–Crippen MR) is 122 cm³/mol. The second kappa shape index (κ2) is 8.52. The number of thiazole rings is 1. The Morgan fingerprint density at radius 1 is 1.00 bits per heavy atom. The standard InChI is InChI=1S/C22H22ClN3O3S2/c23-17-3-1-16(2-4-17)21-15-30-22(26(21)19-7-8-19)24-18-5-9-20(10-6-18)31(27,28)25-11-13-29-14-12-25/h1-6,9-10,15,19H,7-8,11-14H2. The molecule has 0 amide bonds. The highest BCUT2D eigenvalue weighted by Gasteiger charge is 2.28. The largest absolute Gasteiger partial charge is 0.379 e. The number of aromatic nitrogens is 1. The summed E-state index contributed by atoms with van der Waals surface area (Å²) < 4.78 is 34.7. The van der Waals surface area contributed by atoms with Gasteiger partial charge < -0.3 is 9.30 Å². The van der Waals surface area contributed by atoms with Crippen LogP contribution in [0, 0.1) is 0 Å². The van der Waals surface area contributed by atoms with Gasteiger partial charge in [0.2, 0.25) is 10.0 Å². The summed E-state index contributed by atoms with van der Waals surface area (Å²) in [5.41, 5.74) is 2.98. The fraction of sp³-hybridized carbons (Fsp3) is 0.318. The summed E-state index contributed by atoms with van der Waals surface area (Å²) in [7, 11) is -3.50. The van der Waals surface area contributed by atoms with Crippen LogP contribution in [-0.2, 0) is 14.8 Å². The molecule has 0 radical (unpaired) electrons. The lowest BCUT2D eigenvalue weighted by Crippen LogP contribution is -2.40. The second-order valence-electron chi connectivity index (χ2n) is 7.63. The van der Waals surface area contributed by atoms with Crippen LogP contribution in [0.4, 0.5) is 5.69 Å². The molecule has 0 spiro atoms. The molecule has 2 aliphatic rings. The summed E-state index contributed by atoms with van der Waals surface area (Å²) in [5, 5.41) is 2.84. The van der Waals surface area contributed by atoms with Crippen LogP contribution in [-0.4, -0.2) is 43.6 Å². The zero-order valence-corrected chi connectivity index (χ0v) is 19.2. The van der Waals surface area contributed by atoms with Crippen LogP contribution in [0.2, 0.25) is 5.02 Å². The summed E-state index contributed by atoms with van der Waals surface area (Å²) in [6.45, 7) is 1.64. The summed E-state index contributed by atoms with van der Waals surface area (Å²) in [5.74, 6) is 0. The van der Waals surface area contributed by atoms with Crippen molar-refractivity contribution >= 4 is 38.6 Å². The molecule has 3 aromatic rings. The molecule has 31 heavy (non-hydrogen) atoms. The van der Waals surface area contributed by atoms with Crippen molar-refractivity contribution in [2.24, 2.45) is 4.99 Å². The minimum absolute atomic E-state index is 0.288. The molecule has 5 rings (SSSR count). The molecule has 0 N–H and O–H groups in total. The van der Waals surface area contributed by atoms with Gasteiger partial charge in [-0.05, 0) is 54.8 Å². The van der Waals surface area contributed by atoms with Gasteiger partial charge in [-0.15, -0.1) is 11.3 Å². The number of morpholine rings is 1. The first-order chi connectivity index (χ1) is 15.0. The molecule has 6 nitrogen and oxygen atoms in total. The number of halogens is 1. The van der Waals surface area contributed by atoms with Crippen molar-refractivity contribution in [2.75, 3.05) is 26.3 Å². The van der Waals surface area contributed by atoms with E-state index in [1.807, 2.05) is 24.3 Å².